The summed E-state index contributed by atoms with van der Waals surface area (Å²) in [6, 6.07) is 77.4. The van der Waals surface area contributed by atoms with Crippen molar-refractivity contribution in [1.82, 2.24) is 9.88 Å². The Kier molecular flexibility index (Phi) is 8.95. The lowest BCUT2D eigenvalue weighted by Gasteiger charge is -2.24. The van der Waals surface area contributed by atoms with Gasteiger partial charge in [-0.25, -0.2) is 0 Å². The molecule has 0 radical (unpaired) electrons. The third-order valence-electron chi connectivity index (χ3n) is 12.4. The summed E-state index contributed by atoms with van der Waals surface area (Å²) < 4.78 is 2.49. The Bertz CT molecular complexity index is 3270. The third kappa shape index (κ3) is 6.10. The van der Waals surface area contributed by atoms with Crippen LogP contribution in [0.2, 0.25) is 0 Å². The van der Waals surface area contributed by atoms with Crippen LogP contribution in [-0.2, 0) is 6.54 Å². The molecule has 1 aromatic heterocycles. The maximum atomic E-state index is 4.05. The maximum absolute atomic E-state index is 4.05. The first kappa shape index (κ1) is 35.7. The second-order valence-electron chi connectivity index (χ2n) is 15.7. The first-order valence-electron chi connectivity index (χ1n) is 20.8. The molecule has 3 heteroatoms. The molecule has 1 atom stereocenters. The van der Waals surface area contributed by atoms with Gasteiger partial charge >= 0.3 is 0 Å². The minimum Gasteiger partial charge on any atom is -0.388 e. The zero-order valence-corrected chi connectivity index (χ0v) is 33.4. The normalized spacial score (nSPS) is 12.2. The molecule has 0 aliphatic heterocycles. The quantitative estimate of drug-likeness (QED) is 0.153. The highest BCUT2D eigenvalue weighted by Gasteiger charge is 2.21. The average molecular weight is 770 g/mol. The van der Waals surface area contributed by atoms with Crippen LogP contribution >= 0.6 is 0 Å². The van der Waals surface area contributed by atoms with Crippen LogP contribution in [0.15, 0.2) is 212 Å². The van der Waals surface area contributed by atoms with Crippen molar-refractivity contribution < 1.29 is 0 Å². The molecule has 0 saturated carbocycles. The lowest BCUT2D eigenvalue weighted by atomic mass is 9.93. The monoisotopic (exact) mass is 769 g/mol. The summed E-state index contributed by atoms with van der Waals surface area (Å²) >= 11 is 0. The van der Waals surface area contributed by atoms with E-state index in [1.165, 1.54) is 98.8 Å². The molecule has 11 rings (SSSR count). The van der Waals surface area contributed by atoms with Crippen molar-refractivity contribution in [2.45, 2.75) is 12.6 Å². The van der Waals surface area contributed by atoms with Gasteiger partial charge in [0.25, 0.3) is 0 Å². The maximum Gasteiger partial charge on any atom is 0.0600 e. The zero-order valence-electron chi connectivity index (χ0n) is 33.4. The zero-order chi connectivity index (χ0) is 40.0. The second-order valence-corrected chi connectivity index (χ2v) is 15.7. The molecule has 0 bridgehead atoms. The molecular formula is C57H43N3. The molecule has 0 saturated heterocycles. The molecule has 1 unspecified atom stereocenters. The minimum atomic E-state index is -0.0606. The third-order valence-corrected chi connectivity index (χ3v) is 12.4. The standard InChI is InChI=1S/C57H43N3/c1-58-51-26-10-9-23-50(51)57(44-19-11-18-43(36-44)40-30-28-39(29-31-40)38-14-3-2-4-15-38)59-37-45-20-12-25-49-46(45)24-13-27-52(49)60-53-34-32-41-16-5-7-21-47(41)55(53)56-48-22-8-6-17-42(48)33-35-54(56)60/h2-36,57-59H,37H2,1H3. The number of para-hydroxylation sites is 1. The Morgan fingerprint density at radius 1 is 0.433 bits per heavy atom. The van der Waals surface area contributed by atoms with E-state index in [1.54, 1.807) is 0 Å². The predicted molar refractivity (Wildman–Crippen MR) is 255 cm³/mol. The Balaban J connectivity index is 1.01. The van der Waals surface area contributed by atoms with Crippen molar-refractivity contribution in [3.8, 4) is 27.9 Å². The van der Waals surface area contributed by atoms with Crippen LogP contribution in [0.3, 0.4) is 0 Å². The Morgan fingerprint density at radius 3 is 1.70 bits per heavy atom. The van der Waals surface area contributed by atoms with Crippen LogP contribution < -0.4 is 10.6 Å². The van der Waals surface area contributed by atoms with E-state index in [1.807, 2.05) is 7.05 Å². The fraction of sp³-hybridized carbons (Fsp3) is 0.0526. The first-order chi connectivity index (χ1) is 29.7. The number of nitrogens with one attached hydrogen (secondary N) is 2. The largest absolute Gasteiger partial charge is 0.388 e. The van der Waals surface area contributed by atoms with Gasteiger partial charge in [0.2, 0.25) is 0 Å². The number of anilines is 1. The van der Waals surface area contributed by atoms with E-state index in [2.05, 4.69) is 228 Å². The number of nitrogens with zero attached hydrogens (tertiary/aromatic N) is 1. The molecule has 0 fully saturated rings. The second kappa shape index (κ2) is 15.0. The van der Waals surface area contributed by atoms with Crippen molar-refractivity contribution in [1.29, 1.82) is 0 Å². The van der Waals surface area contributed by atoms with Crippen LogP contribution in [0.25, 0.3) is 82.1 Å². The molecule has 3 nitrogen and oxygen atoms in total. The topological polar surface area (TPSA) is 29.0 Å². The van der Waals surface area contributed by atoms with E-state index >= 15 is 0 Å². The van der Waals surface area contributed by atoms with Gasteiger partial charge in [0.15, 0.2) is 0 Å². The van der Waals surface area contributed by atoms with Gasteiger partial charge in [0.1, 0.15) is 0 Å². The summed E-state index contributed by atoms with van der Waals surface area (Å²) in [5.41, 5.74) is 13.2. The summed E-state index contributed by atoms with van der Waals surface area (Å²) in [6.07, 6.45) is 0. The number of hydrogen-bond acceptors (Lipinski definition) is 2. The van der Waals surface area contributed by atoms with E-state index in [0.717, 1.165) is 5.69 Å². The highest BCUT2D eigenvalue weighted by atomic mass is 15.0. The van der Waals surface area contributed by atoms with Crippen LogP contribution in [0.4, 0.5) is 5.69 Å². The molecule has 0 aliphatic rings. The lowest BCUT2D eigenvalue weighted by Crippen LogP contribution is -2.23. The fourth-order valence-electron chi connectivity index (χ4n) is 9.49. The van der Waals surface area contributed by atoms with E-state index in [4.69, 9.17) is 0 Å². The number of aromatic nitrogens is 1. The Morgan fingerprint density at radius 2 is 0.983 bits per heavy atom. The summed E-state index contributed by atoms with van der Waals surface area (Å²) in [7, 11) is 2.01. The van der Waals surface area contributed by atoms with Gasteiger partial charge < -0.3 is 15.2 Å². The van der Waals surface area contributed by atoms with Gasteiger partial charge in [-0.1, -0.05) is 182 Å². The van der Waals surface area contributed by atoms with E-state index < -0.39 is 0 Å². The van der Waals surface area contributed by atoms with Crippen LogP contribution in [0.5, 0.6) is 0 Å². The summed E-state index contributed by atoms with van der Waals surface area (Å²) in [4.78, 5) is 0. The van der Waals surface area contributed by atoms with Crippen molar-refractivity contribution in [2.75, 3.05) is 12.4 Å². The fourth-order valence-corrected chi connectivity index (χ4v) is 9.49. The molecule has 0 amide bonds. The summed E-state index contributed by atoms with van der Waals surface area (Å²) in [5.74, 6) is 0. The van der Waals surface area contributed by atoms with Crippen LogP contribution in [-0.4, -0.2) is 11.6 Å². The van der Waals surface area contributed by atoms with Gasteiger partial charge in [-0.3, -0.25) is 0 Å². The van der Waals surface area contributed by atoms with Crippen LogP contribution in [0.1, 0.15) is 22.7 Å². The minimum absolute atomic E-state index is 0.0606. The number of rotatable bonds is 9. The van der Waals surface area contributed by atoms with Crippen LogP contribution in [0, 0.1) is 0 Å². The van der Waals surface area contributed by atoms with Crippen molar-refractivity contribution in [3.05, 3.63) is 229 Å². The van der Waals surface area contributed by atoms with E-state index in [0.29, 0.717) is 6.54 Å². The molecule has 60 heavy (non-hydrogen) atoms. The van der Waals surface area contributed by atoms with Gasteiger partial charge in [0, 0.05) is 35.4 Å². The van der Waals surface area contributed by atoms with Crippen molar-refractivity contribution >= 4 is 59.8 Å². The Hall–Kier alpha value is -7.46. The molecule has 11 aromatic rings. The van der Waals surface area contributed by atoms with E-state index in [-0.39, 0.29) is 6.04 Å². The number of hydrogen-bond donors (Lipinski definition) is 2. The molecule has 1 heterocycles. The average Bonchev–Trinajstić information content (AvgIpc) is 3.67. The molecule has 0 aliphatic carbocycles. The van der Waals surface area contributed by atoms with Gasteiger partial charge in [-0.15, -0.1) is 0 Å². The van der Waals surface area contributed by atoms with Gasteiger partial charge in [-0.05, 0) is 96.2 Å². The predicted octanol–water partition coefficient (Wildman–Crippen LogP) is 14.5. The first-order valence-corrected chi connectivity index (χ1v) is 20.8. The molecule has 0 spiro atoms. The molecular weight excluding hydrogens is 727 g/mol. The molecule has 10 aromatic carbocycles. The number of fused-ring (bicyclic) bond motifs is 8. The summed E-state index contributed by atoms with van der Waals surface area (Å²) in [5, 5.41) is 17.7. The summed E-state index contributed by atoms with van der Waals surface area (Å²) in [6.45, 7) is 0.682. The van der Waals surface area contributed by atoms with Crippen molar-refractivity contribution in [2.24, 2.45) is 0 Å². The Labute approximate surface area is 350 Å². The van der Waals surface area contributed by atoms with E-state index in [9.17, 15) is 0 Å². The highest BCUT2D eigenvalue weighted by molar-refractivity contribution is 6.28. The van der Waals surface area contributed by atoms with Crippen molar-refractivity contribution in [3.63, 3.8) is 0 Å². The smallest absolute Gasteiger partial charge is 0.0600 e. The lowest BCUT2D eigenvalue weighted by molar-refractivity contribution is 0.608. The van der Waals surface area contributed by atoms with Gasteiger partial charge in [-0.2, -0.15) is 0 Å². The number of benzene rings is 10. The SMILES string of the molecule is CNc1ccccc1C(NCc1cccc2c(-n3c4ccc5ccccc5c4c4c5ccccc5ccc43)cccc12)c1cccc(-c2ccc(-c3ccccc3)cc2)c1. The molecule has 2 N–H and O–H groups in total. The van der Waals surface area contributed by atoms with Gasteiger partial charge in [0.05, 0.1) is 22.8 Å². The molecule has 286 valence electrons. The highest BCUT2D eigenvalue weighted by Crippen LogP contribution is 2.42.